The molecule has 112 valence electrons. The zero-order valence-corrected chi connectivity index (χ0v) is 15.2. The number of ether oxygens (including phenoxy) is 2. The quantitative estimate of drug-likeness (QED) is 0.755. The number of halogens is 2. The van der Waals surface area contributed by atoms with Gasteiger partial charge >= 0.3 is 5.97 Å². The fourth-order valence-electron chi connectivity index (χ4n) is 1.41. The summed E-state index contributed by atoms with van der Waals surface area (Å²) in [5.74, 6) is 0.178. The lowest BCUT2D eigenvalue weighted by Crippen LogP contribution is -2.35. The molecule has 0 spiro atoms. The third-order valence-electron chi connectivity index (χ3n) is 2.44. The number of hydrogen-bond acceptors (Lipinski definition) is 4. The maximum absolute atomic E-state index is 11.1. The summed E-state index contributed by atoms with van der Waals surface area (Å²) >= 11 is 6.91. The molecule has 0 aliphatic carbocycles. The van der Waals surface area contributed by atoms with Gasteiger partial charge < -0.3 is 14.8 Å². The van der Waals surface area contributed by atoms with Crippen molar-refractivity contribution in [3.05, 3.63) is 26.6 Å². The Balaban J connectivity index is 2.78. The summed E-state index contributed by atoms with van der Waals surface area (Å²) in [6, 6.07) is 3.94. The van der Waals surface area contributed by atoms with E-state index in [-0.39, 0.29) is 12.1 Å². The highest BCUT2D eigenvalue weighted by Gasteiger charge is 2.13. The predicted octanol–water partition coefficient (Wildman–Crippen LogP) is 3.65. The van der Waals surface area contributed by atoms with Crippen LogP contribution < -0.4 is 10.1 Å². The van der Waals surface area contributed by atoms with Crippen LogP contribution in [0.4, 0.5) is 0 Å². The lowest BCUT2D eigenvalue weighted by atomic mass is 10.1. The molecule has 1 aromatic carbocycles. The molecule has 1 N–H and O–H groups in total. The minimum Gasteiger partial charge on any atom is -0.480 e. The maximum Gasteiger partial charge on any atom is 0.343 e. The van der Waals surface area contributed by atoms with Crippen LogP contribution >= 0.6 is 31.9 Å². The first kappa shape index (κ1) is 17.5. The van der Waals surface area contributed by atoms with Crippen molar-refractivity contribution in [3.63, 3.8) is 0 Å². The first-order valence-electron chi connectivity index (χ1n) is 6.15. The highest BCUT2D eigenvalue weighted by molar-refractivity contribution is 9.11. The van der Waals surface area contributed by atoms with Crippen molar-refractivity contribution < 1.29 is 14.3 Å². The first-order valence-corrected chi connectivity index (χ1v) is 7.74. The van der Waals surface area contributed by atoms with E-state index in [2.05, 4.69) is 62.7 Å². The minimum absolute atomic E-state index is 0.0546. The van der Waals surface area contributed by atoms with Crippen molar-refractivity contribution in [2.45, 2.75) is 32.9 Å². The second-order valence-electron chi connectivity index (χ2n) is 5.36. The SMILES string of the molecule is COC(=O)COc1c(Br)cc(CNC(C)(C)C)cc1Br. The summed E-state index contributed by atoms with van der Waals surface area (Å²) in [5.41, 5.74) is 1.17. The summed E-state index contributed by atoms with van der Waals surface area (Å²) in [4.78, 5) is 11.1. The third kappa shape index (κ3) is 5.81. The number of methoxy groups -OCH3 is 1. The Labute approximate surface area is 136 Å². The molecule has 1 rings (SSSR count). The van der Waals surface area contributed by atoms with Crippen molar-refractivity contribution in [3.8, 4) is 5.75 Å². The number of esters is 1. The standard InChI is InChI=1S/C14H19Br2NO3/c1-14(2,3)17-7-9-5-10(15)13(11(16)6-9)20-8-12(18)19-4/h5-6,17H,7-8H2,1-4H3. The Morgan fingerprint density at radius 1 is 1.25 bits per heavy atom. The number of carbonyl (C=O) groups excluding carboxylic acids is 1. The molecule has 4 nitrogen and oxygen atoms in total. The Morgan fingerprint density at radius 3 is 2.25 bits per heavy atom. The minimum atomic E-state index is -0.415. The lowest BCUT2D eigenvalue weighted by Gasteiger charge is -2.21. The molecule has 0 amide bonds. The molecule has 6 heteroatoms. The molecule has 0 aromatic heterocycles. The molecule has 0 fully saturated rings. The Morgan fingerprint density at radius 2 is 1.80 bits per heavy atom. The van der Waals surface area contributed by atoms with Gasteiger partial charge in [-0.15, -0.1) is 0 Å². The molecule has 1 aromatic rings. The number of rotatable bonds is 5. The first-order chi connectivity index (χ1) is 9.23. The Kier molecular flexibility index (Phi) is 6.48. The van der Waals surface area contributed by atoms with Crippen molar-refractivity contribution in [1.29, 1.82) is 0 Å². The number of benzene rings is 1. The lowest BCUT2D eigenvalue weighted by molar-refractivity contribution is -0.142. The van der Waals surface area contributed by atoms with E-state index in [0.29, 0.717) is 5.75 Å². The molecule has 0 bridgehead atoms. The van der Waals surface area contributed by atoms with E-state index in [9.17, 15) is 4.79 Å². The van der Waals surface area contributed by atoms with Gasteiger partial charge in [0.2, 0.25) is 0 Å². The Hall–Kier alpha value is -0.590. The van der Waals surface area contributed by atoms with Gasteiger partial charge in [0, 0.05) is 12.1 Å². The summed E-state index contributed by atoms with van der Waals surface area (Å²) in [7, 11) is 1.33. The molecule has 0 radical (unpaired) electrons. The van der Waals surface area contributed by atoms with Crippen LogP contribution in [0.1, 0.15) is 26.3 Å². The van der Waals surface area contributed by atoms with E-state index >= 15 is 0 Å². The average molecular weight is 409 g/mol. The highest BCUT2D eigenvalue weighted by atomic mass is 79.9. The van der Waals surface area contributed by atoms with Crippen LogP contribution in [0.25, 0.3) is 0 Å². The Bertz CT molecular complexity index is 461. The van der Waals surface area contributed by atoms with Crippen LogP contribution in [0.5, 0.6) is 5.75 Å². The molecule has 0 aliphatic heterocycles. The van der Waals surface area contributed by atoms with E-state index in [4.69, 9.17) is 4.74 Å². The van der Waals surface area contributed by atoms with Gasteiger partial charge in [-0.3, -0.25) is 0 Å². The van der Waals surface area contributed by atoms with Crippen LogP contribution in [0.2, 0.25) is 0 Å². The molecular weight excluding hydrogens is 390 g/mol. The summed E-state index contributed by atoms with van der Waals surface area (Å²) < 4.78 is 11.6. The van der Waals surface area contributed by atoms with Gasteiger partial charge in [0.15, 0.2) is 6.61 Å². The normalized spacial score (nSPS) is 11.3. The van der Waals surface area contributed by atoms with Crippen LogP contribution in [-0.4, -0.2) is 25.2 Å². The molecule has 0 saturated heterocycles. The van der Waals surface area contributed by atoms with Gasteiger partial charge in [0.05, 0.1) is 16.1 Å². The maximum atomic E-state index is 11.1. The fraction of sp³-hybridized carbons (Fsp3) is 0.500. The largest absolute Gasteiger partial charge is 0.480 e. The van der Waals surface area contributed by atoms with E-state index in [0.717, 1.165) is 21.1 Å². The second-order valence-corrected chi connectivity index (χ2v) is 7.07. The van der Waals surface area contributed by atoms with Gasteiger partial charge in [-0.25, -0.2) is 4.79 Å². The van der Waals surface area contributed by atoms with Crippen LogP contribution in [0, 0.1) is 0 Å². The fourth-order valence-corrected chi connectivity index (χ4v) is 2.92. The van der Waals surface area contributed by atoms with Crippen molar-refractivity contribution in [1.82, 2.24) is 5.32 Å². The van der Waals surface area contributed by atoms with Crippen molar-refractivity contribution >= 4 is 37.8 Å². The second kappa shape index (κ2) is 7.43. The van der Waals surface area contributed by atoms with Gasteiger partial charge in [0.25, 0.3) is 0 Å². The monoisotopic (exact) mass is 407 g/mol. The van der Waals surface area contributed by atoms with E-state index in [1.165, 1.54) is 7.11 Å². The number of nitrogens with one attached hydrogen (secondary N) is 1. The van der Waals surface area contributed by atoms with Gasteiger partial charge in [-0.05, 0) is 70.3 Å². The van der Waals surface area contributed by atoms with Crippen molar-refractivity contribution in [2.75, 3.05) is 13.7 Å². The van der Waals surface area contributed by atoms with E-state index < -0.39 is 5.97 Å². The van der Waals surface area contributed by atoms with Crippen LogP contribution in [0.15, 0.2) is 21.1 Å². The smallest absolute Gasteiger partial charge is 0.343 e. The third-order valence-corrected chi connectivity index (χ3v) is 3.62. The summed E-state index contributed by atoms with van der Waals surface area (Å²) in [6.07, 6.45) is 0. The predicted molar refractivity (Wildman–Crippen MR) is 85.9 cm³/mol. The molecule has 0 saturated carbocycles. The number of hydrogen-bond donors (Lipinski definition) is 1. The zero-order valence-electron chi connectivity index (χ0n) is 12.0. The van der Waals surface area contributed by atoms with Crippen LogP contribution in [0.3, 0.4) is 0 Å². The molecule has 0 aliphatic rings. The topological polar surface area (TPSA) is 47.6 Å². The number of carbonyl (C=O) groups is 1. The van der Waals surface area contributed by atoms with Crippen molar-refractivity contribution in [2.24, 2.45) is 0 Å². The van der Waals surface area contributed by atoms with Gasteiger partial charge in [-0.1, -0.05) is 0 Å². The van der Waals surface area contributed by atoms with Crippen LogP contribution in [-0.2, 0) is 16.1 Å². The molecule has 0 unspecified atom stereocenters. The average Bonchev–Trinajstić information content (AvgIpc) is 2.34. The molecular formula is C14H19Br2NO3. The van der Waals surface area contributed by atoms with Gasteiger partial charge in [-0.2, -0.15) is 0 Å². The molecule has 20 heavy (non-hydrogen) atoms. The van der Waals surface area contributed by atoms with Gasteiger partial charge in [0.1, 0.15) is 5.75 Å². The molecule has 0 atom stereocenters. The summed E-state index contributed by atoms with van der Waals surface area (Å²) in [6.45, 7) is 6.98. The highest BCUT2D eigenvalue weighted by Crippen LogP contribution is 2.34. The summed E-state index contributed by atoms with van der Waals surface area (Å²) in [5, 5.41) is 3.41. The van der Waals surface area contributed by atoms with E-state index in [1.807, 2.05) is 12.1 Å². The molecule has 0 heterocycles. The van der Waals surface area contributed by atoms with E-state index in [1.54, 1.807) is 0 Å². The zero-order chi connectivity index (χ0) is 15.3.